The van der Waals surface area contributed by atoms with Gasteiger partial charge in [-0.1, -0.05) is 0 Å². The Morgan fingerprint density at radius 3 is 2.53 bits per heavy atom. The van der Waals surface area contributed by atoms with Crippen LogP contribution in [0, 0.1) is 0 Å². The monoisotopic (exact) mass is 261 g/mol. The predicted octanol–water partition coefficient (Wildman–Crippen LogP) is 2.61. The lowest BCUT2D eigenvalue weighted by Gasteiger charge is -2.16. The number of ether oxygens (including phenoxy) is 2. The van der Waals surface area contributed by atoms with Crippen molar-refractivity contribution in [2.75, 3.05) is 19.5 Å². The maximum atomic E-state index is 5.29. The first-order valence-corrected chi connectivity index (χ1v) is 6.11. The van der Waals surface area contributed by atoms with E-state index in [1.807, 2.05) is 36.0 Å². The van der Waals surface area contributed by atoms with Crippen molar-refractivity contribution in [1.29, 1.82) is 0 Å². The molecular formula is C14H19N3O2. The van der Waals surface area contributed by atoms with Gasteiger partial charge in [0.1, 0.15) is 5.82 Å². The molecule has 0 fully saturated rings. The number of imidazole rings is 1. The zero-order valence-corrected chi connectivity index (χ0v) is 11.7. The average molecular weight is 261 g/mol. The molecule has 102 valence electrons. The maximum Gasteiger partial charge on any atom is 0.162 e. The van der Waals surface area contributed by atoms with Crippen LogP contribution in [0.1, 0.15) is 18.8 Å². The highest BCUT2D eigenvalue weighted by atomic mass is 16.5. The molecule has 19 heavy (non-hydrogen) atoms. The zero-order chi connectivity index (χ0) is 13.8. The van der Waals surface area contributed by atoms with Gasteiger partial charge in [0.05, 0.1) is 20.3 Å². The first kappa shape index (κ1) is 13.3. The lowest BCUT2D eigenvalue weighted by molar-refractivity contribution is 0.355. The number of hydrogen-bond donors (Lipinski definition) is 1. The molecule has 2 aromatic rings. The number of rotatable bonds is 5. The topological polar surface area (TPSA) is 48.3 Å². The Morgan fingerprint density at radius 1 is 1.21 bits per heavy atom. The van der Waals surface area contributed by atoms with E-state index in [1.54, 1.807) is 20.4 Å². The Morgan fingerprint density at radius 2 is 1.95 bits per heavy atom. The molecule has 5 heteroatoms. The number of hydrogen-bond acceptors (Lipinski definition) is 4. The Bertz CT molecular complexity index is 551. The van der Waals surface area contributed by atoms with Gasteiger partial charge in [0.15, 0.2) is 11.5 Å². The second-order valence-electron chi connectivity index (χ2n) is 4.33. The van der Waals surface area contributed by atoms with E-state index in [-0.39, 0.29) is 6.04 Å². The van der Waals surface area contributed by atoms with Crippen LogP contribution in [0.15, 0.2) is 30.6 Å². The van der Waals surface area contributed by atoms with Gasteiger partial charge in [-0.25, -0.2) is 4.98 Å². The van der Waals surface area contributed by atoms with Crippen LogP contribution in [-0.4, -0.2) is 23.8 Å². The van der Waals surface area contributed by atoms with Gasteiger partial charge >= 0.3 is 0 Å². The lowest BCUT2D eigenvalue weighted by Crippen LogP contribution is -2.11. The molecule has 0 aliphatic rings. The number of nitrogens with zero attached hydrogens (tertiary/aromatic N) is 2. The molecule has 1 heterocycles. The molecule has 0 aliphatic carbocycles. The molecule has 0 bridgehead atoms. The first-order chi connectivity index (χ1) is 9.15. The zero-order valence-electron chi connectivity index (χ0n) is 11.7. The Kier molecular flexibility index (Phi) is 3.94. The Balaban J connectivity index is 2.17. The van der Waals surface area contributed by atoms with Gasteiger partial charge in [-0.05, 0) is 19.1 Å². The molecule has 2 rings (SSSR count). The van der Waals surface area contributed by atoms with Gasteiger partial charge in [0.2, 0.25) is 0 Å². The van der Waals surface area contributed by atoms with Crippen molar-refractivity contribution in [3.8, 4) is 11.5 Å². The first-order valence-electron chi connectivity index (χ1n) is 6.11. The van der Waals surface area contributed by atoms with Crippen molar-refractivity contribution in [2.45, 2.75) is 13.0 Å². The largest absolute Gasteiger partial charge is 0.493 e. The van der Waals surface area contributed by atoms with Crippen molar-refractivity contribution >= 4 is 5.69 Å². The van der Waals surface area contributed by atoms with Crippen molar-refractivity contribution in [3.05, 3.63) is 36.4 Å². The number of aryl methyl sites for hydroxylation is 1. The summed E-state index contributed by atoms with van der Waals surface area (Å²) in [5.74, 6) is 2.41. The molecular weight excluding hydrogens is 242 g/mol. The van der Waals surface area contributed by atoms with Crippen LogP contribution in [0.3, 0.4) is 0 Å². The fourth-order valence-corrected chi connectivity index (χ4v) is 2.03. The summed E-state index contributed by atoms with van der Waals surface area (Å²) in [6.45, 7) is 2.07. The van der Waals surface area contributed by atoms with Crippen LogP contribution in [0.2, 0.25) is 0 Å². The summed E-state index contributed by atoms with van der Waals surface area (Å²) in [6.07, 6.45) is 3.73. The molecule has 5 nitrogen and oxygen atoms in total. The minimum atomic E-state index is 0.109. The predicted molar refractivity (Wildman–Crippen MR) is 74.8 cm³/mol. The van der Waals surface area contributed by atoms with E-state index >= 15 is 0 Å². The van der Waals surface area contributed by atoms with Gasteiger partial charge in [0, 0.05) is 31.2 Å². The van der Waals surface area contributed by atoms with Gasteiger partial charge in [-0.3, -0.25) is 0 Å². The van der Waals surface area contributed by atoms with E-state index in [2.05, 4.69) is 17.2 Å². The van der Waals surface area contributed by atoms with E-state index in [0.29, 0.717) is 5.75 Å². The molecule has 0 amide bonds. The van der Waals surface area contributed by atoms with Crippen molar-refractivity contribution in [3.63, 3.8) is 0 Å². The molecule has 0 saturated heterocycles. The summed E-state index contributed by atoms with van der Waals surface area (Å²) < 4.78 is 12.5. The molecule has 0 saturated carbocycles. The molecule has 1 atom stereocenters. The van der Waals surface area contributed by atoms with Crippen LogP contribution in [0.25, 0.3) is 0 Å². The molecule has 1 unspecified atom stereocenters. The van der Waals surface area contributed by atoms with Gasteiger partial charge in [-0.15, -0.1) is 0 Å². The van der Waals surface area contributed by atoms with Crippen LogP contribution < -0.4 is 14.8 Å². The SMILES string of the molecule is COc1ccc(NC(C)c2nccn2C)cc1OC. The number of nitrogens with one attached hydrogen (secondary N) is 1. The Hall–Kier alpha value is -2.17. The third kappa shape index (κ3) is 2.81. The van der Waals surface area contributed by atoms with Crippen LogP contribution >= 0.6 is 0 Å². The number of benzene rings is 1. The molecule has 0 spiro atoms. The van der Waals surface area contributed by atoms with Crippen molar-refractivity contribution < 1.29 is 9.47 Å². The molecule has 1 aromatic heterocycles. The van der Waals surface area contributed by atoms with Gasteiger partial charge in [-0.2, -0.15) is 0 Å². The summed E-state index contributed by atoms with van der Waals surface area (Å²) in [4.78, 5) is 4.33. The number of aromatic nitrogens is 2. The summed E-state index contributed by atoms with van der Waals surface area (Å²) in [5, 5.41) is 3.39. The minimum Gasteiger partial charge on any atom is -0.493 e. The lowest BCUT2D eigenvalue weighted by atomic mass is 10.2. The van der Waals surface area contributed by atoms with Crippen molar-refractivity contribution in [2.24, 2.45) is 7.05 Å². The molecule has 1 aromatic carbocycles. The molecule has 1 N–H and O–H groups in total. The van der Waals surface area contributed by atoms with Crippen LogP contribution in [0.4, 0.5) is 5.69 Å². The third-order valence-electron chi connectivity index (χ3n) is 3.01. The highest BCUT2D eigenvalue weighted by Crippen LogP contribution is 2.31. The van der Waals surface area contributed by atoms with Crippen LogP contribution in [0.5, 0.6) is 11.5 Å². The normalized spacial score (nSPS) is 12.0. The quantitative estimate of drug-likeness (QED) is 0.898. The van der Waals surface area contributed by atoms with E-state index in [0.717, 1.165) is 17.3 Å². The Labute approximate surface area is 113 Å². The fraction of sp³-hybridized carbons (Fsp3) is 0.357. The summed E-state index contributed by atoms with van der Waals surface area (Å²) >= 11 is 0. The number of anilines is 1. The van der Waals surface area contributed by atoms with E-state index < -0.39 is 0 Å². The summed E-state index contributed by atoms with van der Waals surface area (Å²) in [7, 11) is 5.24. The van der Waals surface area contributed by atoms with Gasteiger partial charge < -0.3 is 19.4 Å². The van der Waals surface area contributed by atoms with Crippen LogP contribution in [-0.2, 0) is 7.05 Å². The maximum absolute atomic E-state index is 5.29. The molecule has 0 radical (unpaired) electrons. The highest BCUT2D eigenvalue weighted by molar-refractivity contribution is 5.55. The smallest absolute Gasteiger partial charge is 0.162 e. The third-order valence-corrected chi connectivity index (χ3v) is 3.01. The number of methoxy groups -OCH3 is 2. The highest BCUT2D eigenvalue weighted by Gasteiger charge is 2.11. The van der Waals surface area contributed by atoms with Crippen molar-refractivity contribution in [1.82, 2.24) is 9.55 Å². The second kappa shape index (κ2) is 5.65. The second-order valence-corrected chi connectivity index (χ2v) is 4.33. The van der Waals surface area contributed by atoms with Gasteiger partial charge in [0.25, 0.3) is 0 Å². The molecule has 0 aliphatic heterocycles. The van der Waals surface area contributed by atoms with E-state index in [9.17, 15) is 0 Å². The standard InChI is InChI=1S/C14H19N3O2/c1-10(14-15-7-8-17(14)2)16-11-5-6-12(18-3)13(9-11)19-4/h5-10,16H,1-4H3. The summed E-state index contributed by atoms with van der Waals surface area (Å²) in [6, 6.07) is 5.86. The van der Waals surface area contributed by atoms with E-state index in [1.165, 1.54) is 0 Å². The summed E-state index contributed by atoms with van der Waals surface area (Å²) in [5.41, 5.74) is 0.966. The minimum absolute atomic E-state index is 0.109. The fourth-order valence-electron chi connectivity index (χ4n) is 2.03. The average Bonchev–Trinajstić information content (AvgIpc) is 2.85. The van der Waals surface area contributed by atoms with E-state index in [4.69, 9.17) is 9.47 Å².